The number of aromatic nitrogens is 4. The van der Waals surface area contributed by atoms with Crippen molar-refractivity contribution < 1.29 is 4.79 Å². The summed E-state index contributed by atoms with van der Waals surface area (Å²) in [4.78, 5) is 41.4. The molecule has 2 N–H and O–H groups in total. The molecule has 9 nitrogen and oxygen atoms in total. The summed E-state index contributed by atoms with van der Waals surface area (Å²) in [5.41, 5.74) is -0.375. The number of nitrogens with zero attached hydrogens (tertiary/aromatic N) is 4. The zero-order chi connectivity index (χ0) is 18.2. The van der Waals surface area contributed by atoms with Gasteiger partial charge >= 0.3 is 5.69 Å². The third-order valence-electron chi connectivity index (χ3n) is 5.03. The van der Waals surface area contributed by atoms with Crippen LogP contribution >= 0.6 is 12.4 Å². The maximum Gasteiger partial charge on any atom is 0.332 e. The first-order valence-corrected chi connectivity index (χ1v) is 8.41. The van der Waals surface area contributed by atoms with Crippen LogP contribution in [0, 0.1) is 5.41 Å². The van der Waals surface area contributed by atoms with E-state index in [-0.39, 0.29) is 30.3 Å². The molecule has 0 saturated carbocycles. The molecule has 1 fully saturated rings. The van der Waals surface area contributed by atoms with Crippen LogP contribution < -0.4 is 21.9 Å². The number of imidazole rings is 1. The van der Waals surface area contributed by atoms with Crippen LogP contribution in [0.4, 0.5) is 0 Å². The zero-order valence-corrected chi connectivity index (χ0v) is 16.1. The van der Waals surface area contributed by atoms with E-state index < -0.39 is 11.2 Å². The number of rotatable bonds is 4. The standard InChI is InChI=1S/C16H24N6O3.ClH/c1-16(4-6-17-7-5-16)9-18-11(23)8-22-14(24)12-13(19-10-20(12)2)21(3)15(22)25;/h10,17H,4-9H2,1-3H3,(H,18,23);1H. The van der Waals surface area contributed by atoms with Crippen molar-refractivity contribution >= 4 is 29.5 Å². The van der Waals surface area contributed by atoms with Crippen LogP contribution in [0.1, 0.15) is 19.8 Å². The van der Waals surface area contributed by atoms with Crippen molar-refractivity contribution in [3.05, 3.63) is 27.2 Å². The fourth-order valence-electron chi connectivity index (χ4n) is 3.25. The third kappa shape index (κ3) is 3.68. The highest BCUT2D eigenvalue weighted by Crippen LogP contribution is 2.26. The molecule has 0 atom stereocenters. The Morgan fingerprint density at radius 2 is 1.96 bits per heavy atom. The number of aryl methyl sites for hydroxylation is 2. The van der Waals surface area contributed by atoms with Crippen LogP contribution in [-0.2, 0) is 25.4 Å². The summed E-state index contributed by atoms with van der Waals surface area (Å²) in [7, 11) is 3.23. The molecule has 1 aliphatic rings. The first-order valence-electron chi connectivity index (χ1n) is 8.41. The zero-order valence-electron chi connectivity index (χ0n) is 15.2. The maximum absolute atomic E-state index is 12.6. The Balaban J connectivity index is 0.00000243. The van der Waals surface area contributed by atoms with Crippen LogP contribution in [0.5, 0.6) is 0 Å². The minimum atomic E-state index is -0.542. The van der Waals surface area contributed by atoms with Gasteiger partial charge in [0.05, 0.1) is 6.33 Å². The van der Waals surface area contributed by atoms with Crippen LogP contribution in [0.25, 0.3) is 11.2 Å². The van der Waals surface area contributed by atoms with Gasteiger partial charge in [0, 0.05) is 20.6 Å². The van der Waals surface area contributed by atoms with Gasteiger partial charge in [0.2, 0.25) is 5.91 Å². The van der Waals surface area contributed by atoms with Crippen LogP contribution in [0.2, 0.25) is 0 Å². The van der Waals surface area contributed by atoms with Gasteiger partial charge in [0.25, 0.3) is 5.56 Å². The van der Waals surface area contributed by atoms with E-state index in [9.17, 15) is 14.4 Å². The van der Waals surface area contributed by atoms with Crippen molar-refractivity contribution in [2.45, 2.75) is 26.3 Å². The normalized spacial score (nSPS) is 16.3. The number of halogens is 1. The lowest BCUT2D eigenvalue weighted by molar-refractivity contribution is -0.122. The Bertz CT molecular complexity index is 922. The van der Waals surface area contributed by atoms with E-state index in [4.69, 9.17) is 0 Å². The molecule has 0 aromatic carbocycles. The summed E-state index contributed by atoms with van der Waals surface area (Å²) < 4.78 is 3.81. The molecule has 2 aromatic heterocycles. The van der Waals surface area contributed by atoms with Gasteiger partial charge < -0.3 is 15.2 Å². The van der Waals surface area contributed by atoms with E-state index in [1.54, 1.807) is 18.7 Å². The lowest BCUT2D eigenvalue weighted by Gasteiger charge is -2.34. The predicted molar refractivity (Wildman–Crippen MR) is 101 cm³/mol. The van der Waals surface area contributed by atoms with Gasteiger partial charge in [0.15, 0.2) is 11.2 Å². The van der Waals surface area contributed by atoms with E-state index in [0.717, 1.165) is 30.5 Å². The summed E-state index contributed by atoms with van der Waals surface area (Å²) in [6, 6.07) is 0. The van der Waals surface area contributed by atoms with Crippen molar-refractivity contribution in [3.8, 4) is 0 Å². The van der Waals surface area contributed by atoms with E-state index in [1.807, 2.05) is 0 Å². The van der Waals surface area contributed by atoms with Gasteiger partial charge in [-0.3, -0.25) is 14.2 Å². The lowest BCUT2D eigenvalue weighted by Crippen LogP contribution is -2.46. The van der Waals surface area contributed by atoms with Gasteiger partial charge in [-0.1, -0.05) is 6.92 Å². The topological polar surface area (TPSA) is 103 Å². The maximum atomic E-state index is 12.6. The SMILES string of the molecule is Cl.Cn1cnc2c1c(=O)n(CC(=O)NCC1(C)CCNCC1)c(=O)n2C. The Hall–Kier alpha value is -2.13. The second-order valence-corrected chi connectivity index (χ2v) is 7.10. The Kier molecular flexibility index (Phi) is 5.92. The van der Waals surface area contributed by atoms with E-state index >= 15 is 0 Å². The molecule has 0 bridgehead atoms. The van der Waals surface area contributed by atoms with Gasteiger partial charge in [-0.2, -0.15) is 0 Å². The van der Waals surface area contributed by atoms with E-state index in [0.29, 0.717) is 17.7 Å². The molecule has 2 aromatic rings. The minimum Gasteiger partial charge on any atom is -0.354 e. The van der Waals surface area contributed by atoms with Crippen LogP contribution in [0.3, 0.4) is 0 Å². The number of carbonyl (C=O) groups is 1. The fourth-order valence-corrected chi connectivity index (χ4v) is 3.25. The molecular formula is C16H25ClN6O3. The van der Waals surface area contributed by atoms with Crippen molar-refractivity contribution in [1.82, 2.24) is 29.3 Å². The summed E-state index contributed by atoms with van der Waals surface area (Å²) in [5.74, 6) is -0.333. The van der Waals surface area contributed by atoms with E-state index in [1.165, 1.54) is 10.9 Å². The highest BCUT2D eigenvalue weighted by molar-refractivity contribution is 5.85. The Labute approximate surface area is 156 Å². The first kappa shape index (κ1) is 20.2. The number of nitrogens with one attached hydrogen (secondary N) is 2. The Morgan fingerprint density at radius 3 is 2.62 bits per heavy atom. The monoisotopic (exact) mass is 384 g/mol. The van der Waals surface area contributed by atoms with Crippen LogP contribution in [-0.4, -0.2) is 44.2 Å². The summed E-state index contributed by atoms with van der Waals surface area (Å²) in [6.45, 7) is 4.26. The molecule has 144 valence electrons. The molecule has 10 heteroatoms. The van der Waals surface area contributed by atoms with Gasteiger partial charge in [-0.25, -0.2) is 14.3 Å². The number of piperidine rings is 1. The van der Waals surface area contributed by atoms with Crippen molar-refractivity contribution in [1.29, 1.82) is 0 Å². The Morgan fingerprint density at radius 1 is 1.31 bits per heavy atom. The molecule has 0 unspecified atom stereocenters. The molecule has 0 spiro atoms. The molecule has 0 aliphatic carbocycles. The second kappa shape index (κ2) is 7.63. The van der Waals surface area contributed by atoms with Crippen molar-refractivity contribution in [2.75, 3.05) is 19.6 Å². The smallest absolute Gasteiger partial charge is 0.332 e. The third-order valence-corrected chi connectivity index (χ3v) is 5.03. The fraction of sp³-hybridized carbons (Fsp3) is 0.625. The largest absolute Gasteiger partial charge is 0.354 e. The average molecular weight is 385 g/mol. The number of amides is 1. The molecule has 1 saturated heterocycles. The molecule has 1 aliphatic heterocycles. The molecule has 3 heterocycles. The quantitative estimate of drug-likeness (QED) is 0.730. The van der Waals surface area contributed by atoms with Crippen LogP contribution in [0.15, 0.2) is 15.9 Å². The average Bonchev–Trinajstić information content (AvgIpc) is 2.98. The summed E-state index contributed by atoms with van der Waals surface area (Å²) in [5, 5.41) is 6.17. The molecular weight excluding hydrogens is 360 g/mol. The van der Waals surface area contributed by atoms with Crippen molar-refractivity contribution in [2.24, 2.45) is 19.5 Å². The van der Waals surface area contributed by atoms with Gasteiger partial charge in [0.1, 0.15) is 6.54 Å². The van der Waals surface area contributed by atoms with Gasteiger partial charge in [-0.05, 0) is 31.3 Å². The minimum absolute atomic E-state index is 0. The first-order chi connectivity index (χ1) is 11.8. The summed E-state index contributed by atoms with van der Waals surface area (Å²) >= 11 is 0. The number of fused-ring (bicyclic) bond motifs is 1. The number of hydrogen-bond acceptors (Lipinski definition) is 5. The molecule has 0 radical (unpaired) electrons. The highest BCUT2D eigenvalue weighted by Gasteiger charge is 2.27. The van der Waals surface area contributed by atoms with Gasteiger partial charge in [-0.15, -0.1) is 12.4 Å². The molecule has 1 amide bonds. The van der Waals surface area contributed by atoms with E-state index in [2.05, 4.69) is 22.5 Å². The number of carbonyl (C=O) groups excluding carboxylic acids is 1. The second-order valence-electron chi connectivity index (χ2n) is 7.10. The molecule has 3 rings (SSSR count). The lowest BCUT2D eigenvalue weighted by atomic mass is 9.81. The van der Waals surface area contributed by atoms with Crippen molar-refractivity contribution in [3.63, 3.8) is 0 Å². The predicted octanol–water partition coefficient (Wildman–Crippen LogP) is -0.639. The molecule has 26 heavy (non-hydrogen) atoms. The highest BCUT2D eigenvalue weighted by atomic mass is 35.5. The summed E-state index contributed by atoms with van der Waals surface area (Å²) in [6.07, 6.45) is 3.44. The number of hydrogen-bond donors (Lipinski definition) is 2.